The summed E-state index contributed by atoms with van der Waals surface area (Å²) in [4.78, 5) is 15.7. The van der Waals surface area contributed by atoms with Gasteiger partial charge in [-0.3, -0.25) is 5.32 Å². The number of amides is 1. The van der Waals surface area contributed by atoms with E-state index in [4.69, 9.17) is 10.00 Å². The van der Waals surface area contributed by atoms with Gasteiger partial charge in [-0.05, 0) is 5.56 Å². The largest absolute Gasteiger partial charge is 0.444 e. The zero-order chi connectivity index (χ0) is 12.8. The number of anilines is 1. The molecule has 1 heterocycles. The van der Waals surface area contributed by atoms with E-state index >= 15 is 0 Å². The summed E-state index contributed by atoms with van der Waals surface area (Å²) in [6.45, 7) is 0.198. The highest BCUT2D eigenvalue weighted by atomic mass is 32.1. The van der Waals surface area contributed by atoms with Gasteiger partial charge in [0.05, 0.1) is 6.20 Å². The maximum Gasteiger partial charge on any atom is 0.413 e. The molecule has 0 spiro atoms. The Kier molecular flexibility index (Phi) is 3.89. The number of carbonyl (C=O) groups is 1. The first kappa shape index (κ1) is 12.1. The summed E-state index contributed by atoms with van der Waals surface area (Å²) in [5, 5.41) is 11.4. The number of nitrogens with zero attached hydrogens (tertiary/aromatic N) is 2. The molecule has 2 aromatic rings. The fourth-order valence-electron chi connectivity index (χ4n) is 1.23. The minimum absolute atomic E-state index is 0.198. The smallest absolute Gasteiger partial charge is 0.413 e. The summed E-state index contributed by atoms with van der Waals surface area (Å²) in [6.07, 6.45) is 0.815. The molecule has 2 rings (SSSR count). The van der Waals surface area contributed by atoms with Crippen molar-refractivity contribution in [3.05, 3.63) is 47.0 Å². The van der Waals surface area contributed by atoms with Gasteiger partial charge in [0.2, 0.25) is 0 Å². The van der Waals surface area contributed by atoms with Crippen molar-refractivity contribution >= 4 is 22.6 Å². The Hall–Kier alpha value is -2.39. The highest BCUT2D eigenvalue weighted by Gasteiger charge is 2.07. The first-order chi connectivity index (χ1) is 8.78. The molecule has 5 nitrogen and oxygen atoms in total. The Morgan fingerprint density at radius 3 is 2.89 bits per heavy atom. The second-order valence-electron chi connectivity index (χ2n) is 3.33. The van der Waals surface area contributed by atoms with Gasteiger partial charge in [-0.25, -0.2) is 9.78 Å². The van der Waals surface area contributed by atoms with Crippen molar-refractivity contribution in [2.24, 2.45) is 0 Å². The molecule has 0 fully saturated rings. The van der Waals surface area contributed by atoms with Crippen molar-refractivity contribution in [2.75, 3.05) is 5.32 Å². The van der Waals surface area contributed by atoms with Gasteiger partial charge in [0.25, 0.3) is 0 Å². The zero-order valence-electron chi connectivity index (χ0n) is 9.29. The van der Waals surface area contributed by atoms with Crippen molar-refractivity contribution < 1.29 is 9.53 Å². The van der Waals surface area contributed by atoms with E-state index in [1.54, 1.807) is 0 Å². The molecule has 1 aromatic heterocycles. The van der Waals surface area contributed by atoms with Gasteiger partial charge in [0.1, 0.15) is 17.6 Å². The number of hydrogen-bond donors (Lipinski definition) is 1. The minimum atomic E-state index is -0.585. The number of aromatic nitrogens is 1. The van der Waals surface area contributed by atoms with E-state index in [1.807, 2.05) is 36.4 Å². The van der Waals surface area contributed by atoms with E-state index in [0.29, 0.717) is 10.0 Å². The quantitative estimate of drug-likeness (QED) is 0.919. The summed E-state index contributed by atoms with van der Waals surface area (Å²) in [5.41, 5.74) is 0.907. The lowest BCUT2D eigenvalue weighted by molar-refractivity contribution is 0.155. The molecule has 18 heavy (non-hydrogen) atoms. The van der Waals surface area contributed by atoms with E-state index < -0.39 is 6.09 Å². The van der Waals surface area contributed by atoms with Gasteiger partial charge < -0.3 is 4.74 Å². The highest BCUT2D eigenvalue weighted by Crippen LogP contribution is 2.16. The Labute approximate surface area is 108 Å². The van der Waals surface area contributed by atoms with E-state index in [0.717, 1.165) is 16.9 Å². The number of rotatable bonds is 3. The van der Waals surface area contributed by atoms with Crippen LogP contribution in [0.4, 0.5) is 9.93 Å². The summed E-state index contributed by atoms with van der Waals surface area (Å²) in [7, 11) is 0. The molecule has 1 N–H and O–H groups in total. The number of benzene rings is 1. The Balaban J connectivity index is 1.84. The van der Waals surface area contributed by atoms with Crippen molar-refractivity contribution in [3.63, 3.8) is 0 Å². The third kappa shape index (κ3) is 3.30. The van der Waals surface area contributed by atoms with Crippen LogP contribution >= 0.6 is 11.3 Å². The van der Waals surface area contributed by atoms with Crippen LogP contribution in [-0.4, -0.2) is 11.1 Å². The topological polar surface area (TPSA) is 75.0 Å². The normalized spacial score (nSPS) is 9.50. The Morgan fingerprint density at radius 1 is 1.44 bits per heavy atom. The van der Waals surface area contributed by atoms with Crippen LogP contribution in [-0.2, 0) is 11.3 Å². The molecule has 0 saturated heterocycles. The van der Waals surface area contributed by atoms with Gasteiger partial charge in [-0.1, -0.05) is 41.7 Å². The van der Waals surface area contributed by atoms with Gasteiger partial charge in [-0.15, -0.1) is 0 Å². The maximum atomic E-state index is 11.4. The highest BCUT2D eigenvalue weighted by molar-refractivity contribution is 7.16. The van der Waals surface area contributed by atoms with Crippen LogP contribution in [0.3, 0.4) is 0 Å². The molecule has 6 heteroatoms. The average Bonchev–Trinajstić information content (AvgIpc) is 2.85. The maximum absolute atomic E-state index is 11.4. The average molecular weight is 259 g/mol. The molecule has 0 unspecified atom stereocenters. The molecule has 0 bridgehead atoms. The van der Waals surface area contributed by atoms with E-state index in [9.17, 15) is 4.79 Å². The van der Waals surface area contributed by atoms with Crippen molar-refractivity contribution in [2.45, 2.75) is 6.61 Å². The lowest BCUT2D eigenvalue weighted by atomic mass is 10.2. The first-order valence-electron chi connectivity index (χ1n) is 5.11. The second-order valence-corrected chi connectivity index (χ2v) is 4.36. The zero-order valence-corrected chi connectivity index (χ0v) is 10.1. The number of ether oxygens (including phenoxy) is 1. The van der Waals surface area contributed by atoms with E-state index in [2.05, 4.69) is 10.3 Å². The van der Waals surface area contributed by atoms with Gasteiger partial charge in [0.15, 0.2) is 5.13 Å². The van der Waals surface area contributed by atoms with Crippen LogP contribution in [0.2, 0.25) is 0 Å². The number of hydrogen-bond acceptors (Lipinski definition) is 5. The molecule has 0 aliphatic carbocycles. The molecule has 0 saturated carbocycles. The second kappa shape index (κ2) is 5.80. The molecular weight excluding hydrogens is 250 g/mol. The number of thiazole rings is 1. The minimum Gasteiger partial charge on any atom is -0.444 e. The molecule has 90 valence electrons. The summed E-state index contributed by atoms with van der Waals surface area (Å²) < 4.78 is 5.01. The summed E-state index contributed by atoms with van der Waals surface area (Å²) in [6, 6.07) is 11.3. The van der Waals surface area contributed by atoms with E-state index in [-0.39, 0.29) is 6.61 Å². The van der Waals surface area contributed by atoms with Crippen LogP contribution in [0, 0.1) is 11.3 Å². The predicted molar refractivity (Wildman–Crippen MR) is 67.1 cm³/mol. The fraction of sp³-hybridized carbons (Fsp3) is 0.0833. The molecule has 0 atom stereocenters. The van der Waals surface area contributed by atoms with Gasteiger partial charge >= 0.3 is 6.09 Å². The van der Waals surface area contributed by atoms with E-state index in [1.165, 1.54) is 6.20 Å². The van der Waals surface area contributed by atoms with Crippen LogP contribution in [0.25, 0.3) is 0 Å². The molecule has 1 aromatic carbocycles. The predicted octanol–water partition coefficient (Wildman–Crippen LogP) is 2.76. The Morgan fingerprint density at radius 2 is 2.22 bits per heavy atom. The van der Waals surface area contributed by atoms with Crippen molar-refractivity contribution in [1.82, 2.24) is 4.98 Å². The van der Waals surface area contributed by atoms with Crippen LogP contribution in [0.15, 0.2) is 36.5 Å². The van der Waals surface area contributed by atoms with Crippen molar-refractivity contribution in [3.8, 4) is 6.07 Å². The fourth-order valence-corrected chi connectivity index (χ4v) is 1.83. The molecule has 0 radical (unpaired) electrons. The number of nitrogens with one attached hydrogen (secondary N) is 1. The number of nitriles is 1. The third-order valence-corrected chi connectivity index (χ3v) is 2.86. The molecule has 1 amide bonds. The van der Waals surface area contributed by atoms with Gasteiger partial charge in [-0.2, -0.15) is 5.26 Å². The standard InChI is InChI=1S/C12H9N3O2S/c13-6-10-7-14-11(18-10)15-12(16)17-8-9-4-2-1-3-5-9/h1-5,7H,8H2,(H,14,15,16). The third-order valence-electron chi connectivity index (χ3n) is 2.04. The summed E-state index contributed by atoms with van der Waals surface area (Å²) in [5.74, 6) is 0. The summed E-state index contributed by atoms with van der Waals surface area (Å²) >= 11 is 1.10. The molecule has 0 aliphatic heterocycles. The monoisotopic (exact) mass is 259 g/mol. The number of carbonyl (C=O) groups excluding carboxylic acids is 1. The first-order valence-corrected chi connectivity index (χ1v) is 5.93. The van der Waals surface area contributed by atoms with Crippen LogP contribution in [0.5, 0.6) is 0 Å². The molecule has 0 aliphatic rings. The van der Waals surface area contributed by atoms with Crippen molar-refractivity contribution in [1.29, 1.82) is 5.26 Å². The molecular formula is C12H9N3O2S. The van der Waals surface area contributed by atoms with Crippen LogP contribution < -0.4 is 5.32 Å². The van der Waals surface area contributed by atoms with Gasteiger partial charge in [0, 0.05) is 0 Å². The lowest BCUT2D eigenvalue weighted by Crippen LogP contribution is -2.13. The lowest BCUT2D eigenvalue weighted by Gasteiger charge is -2.04. The SMILES string of the molecule is N#Cc1cnc(NC(=O)OCc2ccccc2)s1. The Bertz CT molecular complexity index is 575. The van der Waals surface area contributed by atoms with Crippen LogP contribution in [0.1, 0.15) is 10.4 Å².